The SMILES string of the molecule is CC(C)(C)c1nc(Cn2cc(CC(=O)O)nn2)cs1. The second-order valence-electron chi connectivity index (χ2n) is 5.37. The van der Waals surface area contributed by atoms with Crippen molar-refractivity contribution in [3.05, 3.63) is 28.0 Å². The number of carboxylic acid groups (broad SMARTS) is 1. The Bertz CT molecular complexity index is 583. The Morgan fingerprint density at radius 1 is 1.42 bits per heavy atom. The third-order valence-corrected chi connectivity index (χ3v) is 3.75. The average Bonchev–Trinajstić information content (AvgIpc) is 2.86. The van der Waals surface area contributed by atoms with Crippen LogP contribution in [0.2, 0.25) is 0 Å². The molecule has 0 radical (unpaired) electrons. The number of hydrogen-bond acceptors (Lipinski definition) is 5. The number of hydrogen-bond donors (Lipinski definition) is 1. The van der Waals surface area contributed by atoms with E-state index in [0.29, 0.717) is 12.2 Å². The Kier molecular flexibility index (Phi) is 3.66. The summed E-state index contributed by atoms with van der Waals surface area (Å²) in [7, 11) is 0. The van der Waals surface area contributed by atoms with E-state index >= 15 is 0 Å². The molecule has 0 unspecified atom stereocenters. The topological polar surface area (TPSA) is 80.9 Å². The molecule has 0 aliphatic rings. The maximum atomic E-state index is 10.6. The van der Waals surface area contributed by atoms with Crippen LogP contribution in [0.5, 0.6) is 0 Å². The van der Waals surface area contributed by atoms with Gasteiger partial charge in [-0.1, -0.05) is 26.0 Å². The molecule has 0 amide bonds. The average molecular weight is 280 g/mol. The second kappa shape index (κ2) is 5.08. The van der Waals surface area contributed by atoms with Gasteiger partial charge in [-0.25, -0.2) is 9.67 Å². The van der Waals surface area contributed by atoms with E-state index in [-0.39, 0.29) is 11.8 Å². The Hall–Kier alpha value is -1.76. The molecule has 0 aliphatic heterocycles. The van der Waals surface area contributed by atoms with Crippen LogP contribution in [0.1, 0.15) is 37.2 Å². The first-order valence-electron chi connectivity index (χ1n) is 5.90. The highest BCUT2D eigenvalue weighted by Crippen LogP contribution is 2.25. The zero-order valence-electron chi connectivity index (χ0n) is 11.1. The third-order valence-electron chi connectivity index (χ3n) is 2.44. The van der Waals surface area contributed by atoms with E-state index < -0.39 is 5.97 Å². The molecule has 0 spiro atoms. The second-order valence-corrected chi connectivity index (χ2v) is 6.23. The van der Waals surface area contributed by atoms with Crippen molar-refractivity contribution in [1.82, 2.24) is 20.0 Å². The van der Waals surface area contributed by atoms with Crippen LogP contribution in [0.3, 0.4) is 0 Å². The summed E-state index contributed by atoms with van der Waals surface area (Å²) in [5.74, 6) is -0.907. The van der Waals surface area contributed by atoms with E-state index in [1.807, 2.05) is 5.38 Å². The summed E-state index contributed by atoms with van der Waals surface area (Å²) in [6.45, 7) is 6.88. The molecular weight excluding hydrogens is 264 g/mol. The summed E-state index contributed by atoms with van der Waals surface area (Å²) in [6.07, 6.45) is 1.54. The van der Waals surface area contributed by atoms with Gasteiger partial charge in [0.2, 0.25) is 0 Å². The maximum absolute atomic E-state index is 10.6. The summed E-state index contributed by atoms with van der Waals surface area (Å²) < 4.78 is 1.61. The number of carboxylic acids is 1. The van der Waals surface area contributed by atoms with Crippen molar-refractivity contribution in [2.75, 3.05) is 0 Å². The van der Waals surface area contributed by atoms with Crippen molar-refractivity contribution in [2.45, 2.75) is 39.2 Å². The minimum Gasteiger partial charge on any atom is -0.481 e. The van der Waals surface area contributed by atoms with E-state index in [1.54, 1.807) is 22.2 Å². The van der Waals surface area contributed by atoms with Gasteiger partial charge >= 0.3 is 5.97 Å². The predicted molar refractivity (Wildman–Crippen MR) is 71.3 cm³/mol. The molecule has 0 atom stereocenters. The fourth-order valence-corrected chi connectivity index (χ4v) is 2.44. The summed E-state index contributed by atoms with van der Waals surface area (Å²) >= 11 is 1.63. The monoisotopic (exact) mass is 280 g/mol. The molecule has 2 rings (SSSR count). The van der Waals surface area contributed by atoms with E-state index in [0.717, 1.165) is 10.7 Å². The molecule has 7 heteroatoms. The standard InChI is InChI=1S/C12H16N4O2S/c1-12(2,3)11-13-9(7-19-11)6-16-5-8(14-15-16)4-10(17)18/h5,7H,4,6H2,1-3H3,(H,17,18). The van der Waals surface area contributed by atoms with Gasteiger partial charge in [0.05, 0.1) is 29.4 Å². The Morgan fingerprint density at radius 2 is 2.16 bits per heavy atom. The largest absolute Gasteiger partial charge is 0.481 e. The van der Waals surface area contributed by atoms with Gasteiger partial charge in [-0.3, -0.25) is 4.79 Å². The summed E-state index contributed by atoms with van der Waals surface area (Å²) in [4.78, 5) is 15.1. The number of rotatable bonds is 4. The van der Waals surface area contributed by atoms with Gasteiger partial charge in [-0.2, -0.15) is 0 Å². The van der Waals surface area contributed by atoms with Crippen LogP contribution in [0.4, 0.5) is 0 Å². The van der Waals surface area contributed by atoms with Crippen LogP contribution < -0.4 is 0 Å². The van der Waals surface area contributed by atoms with Crippen LogP contribution in [0.25, 0.3) is 0 Å². The lowest BCUT2D eigenvalue weighted by atomic mass is 9.98. The first kappa shape index (κ1) is 13.7. The number of aromatic nitrogens is 4. The van der Waals surface area contributed by atoms with Gasteiger partial charge in [0, 0.05) is 17.0 Å². The highest BCUT2D eigenvalue weighted by molar-refractivity contribution is 7.09. The lowest BCUT2D eigenvalue weighted by molar-refractivity contribution is -0.136. The highest BCUT2D eigenvalue weighted by atomic mass is 32.1. The lowest BCUT2D eigenvalue weighted by Crippen LogP contribution is -2.11. The zero-order chi connectivity index (χ0) is 14.0. The van der Waals surface area contributed by atoms with Crippen LogP contribution in [-0.4, -0.2) is 31.1 Å². The maximum Gasteiger partial charge on any atom is 0.309 e. The Labute approximate surface area is 115 Å². The van der Waals surface area contributed by atoms with Crippen LogP contribution in [0.15, 0.2) is 11.6 Å². The number of nitrogens with zero attached hydrogens (tertiary/aromatic N) is 4. The van der Waals surface area contributed by atoms with Crippen molar-refractivity contribution >= 4 is 17.3 Å². The molecule has 2 aromatic heterocycles. The lowest BCUT2D eigenvalue weighted by Gasteiger charge is -2.13. The molecule has 0 saturated carbocycles. The first-order chi connectivity index (χ1) is 8.84. The molecule has 2 heterocycles. The van der Waals surface area contributed by atoms with E-state index in [9.17, 15) is 4.79 Å². The number of aliphatic carboxylic acids is 1. The van der Waals surface area contributed by atoms with Gasteiger partial charge < -0.3 is 5.11 Å². The Balaban J connectivity index is 2.07. The van der Waals surface area contributed by atoms with Crippen LogP contribution >= 0.6 is 11.3 Å². The van der Waals surface area contributed by atoms with E-state index in [1.165, 1.54) is 0 Å². The van der Waals surface area contributed by atoms with Gasteiger partial charge in [0.25, 0.3) is 0 Å². The van der Waals surface area contributed by atoms with Gasteiger partial charge in [0.1, 0.15) is 0 Å². The van der Waals surface area contributed by atoms with Crippen LogP contribution in [0, 0.1) is 0 Å². The number of carbonyl (C=O) groups is 1. The van der Waals surface area contributed by atoms with Crippen LogP contribution in [-0.2, 0) is 23.2 Å². The van der Waals surface area contributed by atoms with Crippen molar-refractivity contribution in [1.29, 1.82) is 0 Å². The number of thiazole rings is 1. The molecule has 0 fully saturated rings. The summed E-state index contributed by atoms with van der Waals surface area (Å²) in [5.41, 5.74) is 1.42. The van der Waals surface area contributed by atoms with E-state index in [2.05, 4.69) is 36.1 Å². The quantitative estimate of drug-likeness (QED) is 0.922. The van der Waals surface area contributed by atoms with Crippen molar-refractivity contribution in [2.24, 2.45) is 0 Å². The molecule has 1 N–H and O–H groups in total. The van der Waals surface area contributed by atoms with E-state index in [4.69, 9.17) is 5.11 Å². The third kappa shape index (κ3) is 3.60. The highest BCUT2D eigenvalue weighted by Gasteiger charge is 2.18. The van der Waals surface area contributed by atoms with Gasteiger partial charge in [-0.15, -0.1) is 16.4 Å². The normalized spacial score (nSPS) is 11.7. The fraction of sp³-hybridized carbons (Fsp3) is 0.500. The van der Waals surface area contributed by atoms with Crippen molar-refractivity contribution in [3.8, 4) is 0 Å². The fourth-order valence-electron chi connectivity index (χ4n) is 1.54. The first-order valence-corrected chi connectivity index (χ1v) is 6.78. The zero-order valence-corrected chi connectivity index (χ0v) is 11.9. The molecule has 19 heavy (non-hydrogen) atoms. The van der Waals surface area contributed by atoms with Crippen molar-refractivity contribution in [3.63, 3.8) is 0 Å². The van der Waals surface area contributed by atoms with Gasteiger partial charge in [0.15, 0.2) is 0 Å². The molecule has 2 aromatic rings. The molecule has 0 saturated heterocycles. The molecule has 0 bridgehead atoms. The minimum atomic E-state index is -0.907. The predicted octanol–water partition coefficient (Wildman–Crippen LogP) is 1.71. The molecule has 0 aliphatic carbocycles. The molecule has 6 nitrogen and oxygen atoms in total. The summed E-state index contributed by atoms with van der Waals surface area (Å²) in [6, 6.07) is 0. The summed E-state index contributed by atoms with van der Waals surface area (Å²) in [5, 5.41) is 19.5. The Morgan fingerprint density at radius 3 is 2.74 bits per heavy atom. The molecular formula is C12H16N4O2S. The smallest absolute Gasteiger partial charge is 0.309 e. The van der Waals surface area contributed by atoms with Gasteiger partial charge in [-0.05, 0) is 0 Å². The molecule has 102 valence electrons. The van der Waals surface area contributed by atoms with Crippen molar-refractivity contribution < 1.29 is 9.90 Å². The minimum absolute atomic E-state index is 0.0414. The molecule has 0 aromatic carbocycles.